The zero-order valence-corrected chi connectivity index (χ0v) is 13.4. The van der Waals surface area contributed by atoms with E-state index in [1.165, 1.54) is 12.1 Å². The molecule has 0 spiro atoms. The van der Waals surface area contributed by atoms with Gasteiger partial charge < -0.3 is 15.2 Å². The normalized spacial score (nSPS) is 12.3. The van der Waals surface area contributed by atoms with E-state index in [1.807, 2.05) is 6.92 Å². The zero-order chi connectivity index (χ0) is 17.1. The molecule has 2 N–H and O–H groups in total. The molecule has 6 nitrogen and oxygen atoms in total. The van der Waals surface area contributed by atoms with Gasteiger partial charge >= 0.3 is 0 Å². The minimum absolute atomic E-state index is 0.0970. The van der Waals surface area contributed by atoms with Crippen LogP contribution in [-0.4, -0.2) is 28.4 Å². The summed E-state index contributed by atoms with van der Waals surface area (Å²) in [5.74, 6) is 0.0560. The highest BCUT2D eigenvalue weighted by atomic mass is 19.1. The van der Waals surface area contributed by atoms with Crippen LogP contribution in [0.4, 0.5) is 10.3 Å². The van der Waals surface area contributed by atoms with Gasteiger partial charge in [-0.25, -0.2) is 14.4 Å². The topological polar surface area (TPSA) is 83.2 Å². The Hall–Kier alpha value is -2.80. The van der Waals surface area contributed by atoms with Crippen LogP contribution >= 0.6 is 0 Å². The van der Waals surface area contributed by atoms with Gasteiger partial charge in [0.2, 0.25) is 18.1 Å². The highest BCUT2D eigenvalue weighted by Crippen LogP contribution is 2.27. The molecule has 1 atom stereocenters. The molecule has 7 heteroatoms. The van der Waals surface area contributed by atoms with Crippen LogP contribution < -0.4 is 10.5 Å². The van der Waals surface area contributed by atoms with Crippen molar-refractivity contribution in [2.45, 2.75) is 19.6 Å². The SMILES string of the molecule is CC[C@@H](OC)Oc1nc(N)nc2ccc(-c3ccc(F)cc3)nc12. The van der Waals surface area contributed by atoms with E-state index in [1.54, 1.807) is 31.4 Å². The number of benzene rings is 1. The number of aromatic nitrogens is 3. The van der Waals surface area contributed by atoms with Crippen molar-refractivity contribution in [1.29, 1.82) is 0 Å². The summed E-state index contributed by atoms with van der Waals surface area (Å²) in [6, 6.07) is 9.66. The summed E-state index contributed by atoms with van der Waals surface area (Å²) in [7, 11) is 1.55. The van der Waals surface area contributed by atoms with Crippen LogP contribution in [0, 0.1) is 5.82 Å². The van der Waals surface area contributed by atoms with E-state index in [2.05, 4.69) is 15.0 Å². The molecular formula is C17H17FN4O2. The van der Waals surface area contributed by atoms with Crippen LogP contribution in [0.5, 0.6) is 5.88 Å². The van der Waals surface area contributed by atoms with Crippen molar-refractivity contribution in [3.05, 3.63) is 42.2 Å². The van der Waals surface area contributed by atoms with E-state index in [-0.39, 0.29) is 17.6 Å². The smallest absolute Gasteiger partial charge is 0.247 e. The van der Waals surface area contributed by atoms with Gasteiger partial charge in [0.15, 0.2) is 5.52 Å². The van der Waals surface area contributed by atoms with Gasteiger partial charge in [-0.2, -0.15) is 4.98 Å². The first kappa shape index (κ1) is 16.1. The Balaban J connectivity index is 2.09. The second-order valence-corrected chi connectivity index (χ2v) is 5.15. The summed E-state index contributed by atoms with van der Waals surface area (Å²) in [6.07, 6.45) is 0.179. The van der Waals surface area contributed by atoms with Gasteiger partial charge in [-0.3, -0.25) is 0 Å². The van der Waals surface area contributed by atoms with Crippen molar-refractivity contribution >= 4 is 17.0 Å². The molecule has 0 saturated carbocycles. The van der Waals surface area contributed by atoms with Crippen molar-refractivity contribution < 1.29 is 13.9 Å². The molecule has 2 heterocycles. The van der Waals surface area contributed by atoms with Crippen molar-refractivity contribution in [2.75, 3.05) is 12.8 Å². The Bertz CT molecular complexity index is 851. The maximum absolute atomic E-state index is 13.1. The first-order valence-electron chi connectivity index (χ1n) is 7.50. The molecule has 0 unspecified atom stereocenters. The number of halogens is 1. The van der Waals surface area contributed by atoms with Gasteiger partial charge in [0.05, 0.1) is 11.2 Å². The second-order valence-electron chi connectivity index (χ2n) is 5.15. The minimum Gasteiger partial charge on any atom is -0.446 e. The first-order valence-corrected chi connectivity index (χ1v) is 7.50. The molecule has 24 heavy (non-hydrogen) atoms. The van der Waals surface area contributed by atoms with Crippen LogP contribution in [0.2, 0.25) is 0 Å². The van der Waals surface area contributed by atoms with Crippen LogP contribution in [0.3, 0.4) is 0 Å². The van der Waals surface area contributed by atoms with Gasteiger partial charge in [0, 0.05) is 19.1 Å². The van der Waals surface area contributed by atoms with E-state index in [4.69, 9.17) is 15.2 Å². The number of anilines is 1. The molecule has 3 rings (SSSR count). The molecule has 0 aliphatic heterocycles. The fraction of sp³-hybridized carbons (Fsp3) is 0.235. The predicted octanol–water partition coefficient (Wildman–Crippen LogP) is 3.17. The Morgan fingerprint density at radius 1 is 1.08 bits per heavy atom. The number of rotatable bonds is 5. The maximum atomic E-state index is 13.1. The zero-order valence-electron chi connectivity index (χ0n) is 13.4. The Labute approximate surface area is 138 Å². The van der Waals surface area contributed by atoms with Crippen molar-refractivity contribution in [1.82, 2.24) is 15.0 Å². The van der Waals surface area contributed by atoms with Crippen LogP contribution in [0.15, 0.2) is 36.4 Å². The molecule has 0 radical (unpaired) electrons. The van der Waals surface area contributed by atoms with Crippen molar-refractivity contribution in [3.63, 3.8) is 0 Å². The molecule has 2 aromatic heterocycles. The number of pyridine rings is 1. The lowest BCUT2D eigenvalue weighted by Gasteiger charge is -2.16. The summed E-state index contributed by atoms with van der Waals surface area (Å²) >= 11 is 0. The molecular weight excluding hydrogens is 311 g/mol. The van der Waals surface area contributed by atoms with Gasteiger partial charge in [0.1, 0.15) is 5.82 Å². The van der Waals surface area contributed by atoms with Gasteiger partial charge in [-0.05, 0) is 36.4 Å². The number of nitrogen functional groups attached to an aromatic ring is 1. The van der Waals surface area contributed by atoms with Crippen molar-refractivity contribution in [3.8, 4) is 17.1 Å². The third kappa shape index (κ3) is 3.26. The number of nitrogens with zero attached hydrogens (tertiary/aromatic N) is 3. The summed E-state index contributed by atoms with van der Waals surface area (Å²) in [4.78, 5) is 12.8. The lowest BCUT2D eigenvalue weighted by Crippen LogP contribution is -2.18. The highest BCUT2D eigenvalue weighted by molar-refractivity contribution is 5.83. The predicted molar refractivity (Wildman–Crippen MR) is 88.9 cm³/mol. The standard InChI is InChI=1S/C17H17FN4O2/c1-3-14(23-2)24-16-15-13(21-17(19)22-16)9-8-12(20-15)10-4-6-11(18)7-5-10/h4-9,14H,3H2,1-2H3,(H2,19,21,22)/t14-/m0/s1. The molecule has 0 aliphatic carbocycles. The minimum atomic E-state index is -0.459. The summed E-state index contributed by atoms with van der Waals surface area (Å²) in [5.41, 5.74) is 8.21. The molecule has 124 valence electrons. The molecule has 3 aromatic rings. The monoisotopic (exact) mass is 328 g/mol. The number of hydrogen-bond donors (Lipinski definition) is 1. The van der Waals surface area contributed by atoms with Gasteiger partial charge in [-0.1, -0.05) is 6.92 Å². The second kappa shape index (κ2) is 6.76. The number of methoxy groups -OCH3 is 1. The molecule has 0 amide bonds. The fourth-order valence-corrected chi connectivity index (χ4v) is 2.29. The molecule has 1 aromatic carbocycles. The number of ether oxygens (including phenoxy) is 2. The third-order valence-corrected chi connectivity index (χ3v) is 3.51. The van der Waals surface area contributed by atoms with Crippen LogP contribution in [-0.2, 0) is 4.74 Å². The lowest BCUT2D eigenvalue weighted by atomic mass is 10.1. The third-order valence-electron chi connectivity index (χ3n) is 3.51. The van der Waals surface area contributed by atoms with Gasteiger partial charge in [0.25, 0.3) is 0 Å². The van der Waals surface area contributed by atoms with E-state index in [0.717, 1.165) is 5.56 Å². The molecule has 0 bridgehead atoms. The number of fused-ring (bicyclic) bond motifs is 1. The van der Waals surface area contributed by atoms with E-state index in [0.29, 0.717) is 23.1 Å². The maximum Gasteiger partial charge on any atom is 0.247 e. The summed E-state index contributed by atoms with van der Waals surface area (Å²) in [6.45, 7) is 1.93. The first-order chi connectivity index (χ1) is 11.6. The van der Waals surface area contributed by atoms with E-state index >= 15 is 0 Å². The lowest BCUT2D eigenvalue weighted by molar-refractivity contribution is -0.0564. The highest BCUT2D eigenvalue weighted by Gasteiger charge is 2.15. The van der Waals surface area contributed by atoms with Crippen molar-refractivity contribution in [2.24, 2.45) is 0 Å². The number of nitrogens with two attached hydrogens (primary N) is 1. The van der Waals surface area contributed by atoms with E-state index < -0.39 is 6.29 Å². The summed E-state index contributed by atoms with van der Waals surface area (Å²) < 4.78 is 24.1. The summed E-state index contributed by atoms with van der Waals surface area (Å²) in [5, 5.41) is 0. The van der Waals surface area contributed by atoms with Crippen LogP contribution in [0.1, 0.15) is 13.3 Å². The Morgan fingerprint density at radius 2 is 1.83 bits per heavy atom. The van der Waals surface area contributed by atoms with E-state index in [9.17, 15) is 4.39 Å². The molecule has 0 fully saturated rings. The fourth-order valence-electron chi connectivity index (χ4n) is 2.29. The quantitative estimate of drug-likeness (QED) is 0.724. The average Bonchev–Trinajstić information content (AvgIpc) is 2.59. The molecule has 0 saturated heterocycles. The Morgan fingerprint density at radius 3 is 2.50 bits per heavy atom. The average molecular weight is 328 g/mol. The largest absolute Gasteiger partial charge is 0.446 e. The van der Waals surface area contributed by atoms with Gasteiger partial charge in [-0.15, -0.1) is 0 Å². The Kier molecular flexibility index (Phi) is 4.52. The number of hydrogen-bond acceptors (Lipinski definition) is 6. The van der Waals surface area contributed by atoms with Crippen LogP contribution in [0.25, 0.3) is 22.3 Å². The molecule has 0 aliphatic rings.